The van der Waals surface area contributed by atoms with Gasteiger partial charge in [-0.3, -0.25) is 0 Å². The van der Waals surface area contributed by atoms with Gasteiger partial charge in [-0.1, -0.05) is 26.2 Å². The highest BCUT2D eigenvalue weighted by atomic mass is 14.3. The molecule has 1 aliphatic carbocycles. The summed E-state index contributed by atoms with van der Waals surface area (Å²) in [5.74, 6) is 8.77. The Hall–Kier alpha value is -0.440. The number of rotatable bonds is 0. The van der Waals surface area contributed by atoms with E-state index in [-0.39, 0.29) is 0 Å². The van der Waals surface area contributed by atoms with Gasteiger partial charge in [0.15, 0.2) is 0 Å². The molecule has 62 valence electrons. The van der Waals surface area contributed by atoms with Gasteiger partial charge in [-0.2, -0.15) is 0 Å². The van der Waals surface area contributed by atoms with Crippen LogP contribution < -0.4 is 0 Å². The fourth-order valence-corrected chi connectivity index (χ4v) is 1.92. The van der Waals surface area contributed by atoms with E-state index in [1.165, 1.54) is 19.3 Å². The molecule has 0 spiro atoms. The van der Waals surface area contributed by atoms with Crippen molar-refractivity contribution in [3.8, 4) is 11.8 Å². The van der Waals surface area contributed by atoms with Gasteiger partial charge in [-0.05, 0) is 31.6 Å². The third kappa shape index (κ3) is 2.26. The molecule has 3 unspecified atom stereocenters. The summed E-state index contributed by atoms with van der Waals surface area (Å²) >= 11 is 0. The standard InChI is InChI=1S/C11H18/c1-4-5-11-8-9(2)6-7-10(11)3/h9-11H,6-8H2,1-3H3. The highest BCUT2D eigenvalue weighted by Gasteiger charge is 2.23. The first kappa shape index (κ1) is 8.65. The molecule has 0 bridgehead atoms. The van der Waals surface area contributed by atoms with E-state index in [9.17, 15) is 0 Å². The molecule has 0 aromatic carbocycles. The monoisotopic (exact) mass is 150 g/mol. The van der Waals surface area contributed by atoms with Crippen LogP contribution in [0.3, 0.4) is 0 Å². The third-order valence-corrected chi connectivity index (χ3v) is 2.79. The Morgan fingerprint density at radius 1 is 1.18 bits per heavy atom. The zero-order valence-electron chi connectivity index (χ0n) is 7.85. The van der Waals surface area contributed by atoms with Gasteiger partial charge >= 0.3 is 0 Å². The van der Waals surface area contributed by atoms with Crippen molar-refractivity contribution in [1.82, 2.24) is 0 Å². The zero-order chi connectivity index (χ0) is 8.27. The lowest BCUT2D eigenvalue weighted by Gasteiger charge is -2.28. The van der Waals surface area contributed by atoms with Gasteiger partial charge in [0.1, 0.15) is 0 Å². The maximum Gasteiger partial charge on any atom is 0.0230 e. The number of hydrogen-bond acceptors (Lipinski definition) is 0. The fourth-order valence-electron chi connectivity index (χ4n) is 1.92. The Bertz CT molecular complexity index is 170. The van der Waals surface area contributed by atoms with Gasteiger partial charge in [0.2, 0.25) is 0 Å². The molecule has 3 atom stereocenters. The van der Waals surface area contributed by atoms with Crippen LogP contribution in [-0.2, 0) is 0 Å². The first-order valence-corrected chi connectivity index (χ1v) is 4.66. The Morgan fingerprint density at radius 2 is 1.91 bits per heavy atom. The van der Waals surface area contributed by atoms with Crippen molar-refractivity contribution < 1.29 is 0 Å². The molecule has 0 aromatic rings. The second kappa shape index (κ2) is 3.81. The molecule has 0 heteroatoms. The summed E-state index contributed by atoms with van der Waals surface area (Å²) in [6.07, 6.45) is 4.10. The Morgan fingerprint density at radius 3 is 2.55 bits per heavy atom. The fraction of sp³-hybridized carbons (Fsp3) is 0.818. The van der Waals surface area contributed by atoms with Crippen LogP contribution in [0.5, 0.6) is 0 Å². The maximum atomic E-state index is 3.31. The van der Waals surface area contributed by atoms with Crippen LogP contribution in [-0.4, -0.2) is 0 Å². The molecule has 0 aliphatic heterocycles. The van der Waals surface area contributed by atoms with Gasteiger partial charge in [0.25, 0.3) is 0 Å². The molecular formula is C11H18. The van der Waals surface area contributed by atoms with E-state index in [2.05, 4.69) is 25.7 Å². The van der Waals surface area contributed by atoms with Gasteiger partial charge in [0, 0.05) is 5.92 Å². The molecule has 0 nitrogen and oxygen atoms in total. The Labute approximate surface area is 70.4 Å². The predicted octanol–water partition coefficient (Wildman–Crippen LogP) is 3.08. The summed E-state index contributed by atoms with van der Waals surface area (Å²) < 4.78 is 0. The third-order valence-electron chi connectivity index (χ3n) is 2.79. The van der Waals surface area contributed by atoms with Crippen molar-refractivity contribution in [1.29, 1.82) is 0 Å². The van der Waals surface area contributed by atoms with Crippen molar-refractivity contribution in [2.75, 3.05) is 0 Å². The second-order valence-electron chi connectivity index (χ2n) is 3.90. The van der Waals surface area contributed by atoms with Crippen molar-refractivity contribution in [3.63, 3.8) is 0 Å². The zero-order valence-corrected chi connectivity index (χ0v) is 7.85. The summed E-state index contributed by atoms with van der Waals surface area (Å²) in [5, 5.41) is 0. The summed E-state index contributed by atoms with van der Waals surface area (Å²) in [5.41, 5.74) is 0. The van der Waals surface area contributed by atoms with Crippen molar-refractivity contribution in [3.05, 3.63) is 0 Å². The molecule has 1 fully saturated rings. The minimum absolute atomic E-state index is 0.684. The van der Waals surface area contributed by atoms with Gasteiger partial charge < -0.3 is 0 Å². The molecule has 0 aromatic heterocycles. The minimum atomic E-state index is 0.684. The summed E-state index contributed by atoms with van der Waals surface area (Å²) in [6, 6.07) is 0. The summed E-state index contributed by atoms with van der Waals surface area (Å²) in [7, 11) is 0. The van der Waals surface area contributed by atoms with Crippen LogP contribution in [0.2, 0.25) is 0 Å². The molecule has 1 rings (SSSR count). The van der Waals surface area contributed by atoms with Crippen LogP contribution in [0.15, 0.2) is 0 Å². The van der Waals surface area contributed by atoms with E-state index >= 15 is 0 Å². The first-order chi connectivity index (χ1) is 5.24. The van der Waals surface area contributed by atoms with Gasteiger partial charge in [-0.25, -0.2) is 0 Å². The Balaban J connectivity index is 2.51. The minimum Gasteiger partial charge on any atom is -0.106 e. The molecule has 0 amide bonds. The van der Waals surface area contributed by atoms with E-state index in [0.29, 0.717) is 5.92 Å². The molecule has 1 aliphatic rings. The van der Waals surface area contributed by atoms with Crippen molar-refractivity contribution >= 4 is 0 Å². The predicted molar refractivity (Wildman–Crippen MR) is 49.1 cm³/mol. The maximum absolute atomic E-state index is 3.31. The lowest BCUT2D eigenvalue weighted by Crippen LogP contribution is -2.20. The molecule has 0 N–H and O–H groups in total. The van der Waals surface area contributed by atoms with Crippen molar-refractivity contribution in [2.45, 2.75) is 40.0 Å². The Kier molecular flexibility index (Phi) is 3.00. The van der Waals surface area contributed by atoms with Crippen LogP contribution in [0, 0.1) is 29.6 Å². The molecule has 0 radical (unpaired) electrons. The van der Waals surface area contributed by atoms with Crippen LogP contribution in [0.25, 0.3) is 0 Å². The highest BCUT2D eigenvalue weighted by Crippen LogP contribution is 2.32. The SMILES string of the molecule is CC#CC1CC(C)CCC1C. The number of hydrogen-bond donors (Lipinski definition) is 0. The van der Waals surface area contributed by atoms with E-state index in [0.717, 1.165) is 11.8 Å². The molecule has 0 heterocycles. The second-order valence-corrected chi connectivity index (χ2v) is 3.90. The van der Waals surface area contributed by atoms with E-state index in [1.807, 2.05) is 6.92 Å². The van der Waals surface area contributed by atoms with Crippen LogP contribution in [0.4, 0.5) is 0 Å². The average molecular weight is 150 g/mol. The molecule has 1 saturated carbocycles. The van der Waals surface area contributed by atoms with Gasteiger partial charge in [-0.15, -0.1) is 5.92 Å². The van der Waals surface area contributed by atoms with E-state index in [4.69, 9.17) is 0 Å². The quantitative estimate of drug-likeness (QED) is 0.465. The largest absolute Gasteiger partial charge is 0.106 e. The summed E-state index contributed by atoms with van der Waals surface area (Å²) in [4.78, 5) is 0. The highest BCUT2D eigenvalue weighted by molar-refractivity contribution is 5.04. The molecule has 0 saturated heterocycles. The van der Waals surface area contributed by atoms with Crippen LogP contribution in [0.1, 0.15) is 40.0 Å². The van der Waals surface area contributed by atoms with Crippen molar-refractivity contribution in [2.24, 2.45) is 17.8 Å². The molecule has 11 heavy (non-hydrogen) atoms. The molecular weight excluding hydrogens is 132 g/mol. The lowest BCUT2D eigenvalue weighted by molar-refractivity contribution is 0.251. The topological polar surface area (TPSA) is 0 Å². The smallest absolute Gasteiger partial charge is 0.0230 e. The van der Waals surface area contributed by atoms with E-state index in [1.54, 1.807) is 0 Å². The van der Waals surface area contributed by atoms with E-state index < -0.39 is 0 Å². The average Bonchev–Trinajstić information content (AvgIpc) is 1.98. The van der Waals surface area contributed by atoms with Gasteiger partial charge in [0.05, 0.1) is 0 Å². The van der Waals surface area contributed by atoms with Crippen LogP contribution >= 0.6 is 0 Å². The lowest BCUT2D eigenvalue weighted by atomic mass is 9.76. The normalized spacial score (nSPS) is 37.5. The summed E-state index contributed by atoms with van der Waals surface area (Å²) in [6.45, 7) is 6.63. The first-order valence-electron chi connectivity index (χ1n) is 4.66.